The summed E-state index contributed by atoms with van der Waals surface area (Å²) in [6.45, 7) is -1.13. The molecule has 0 saturated carbocycles. The smallest absolute Gasteiger partial charge is 0.325 e. The van der Waals surface area contributed by atoms with Crippen LogP contribution in [0.3, 0.4) is 0 Å². The lowest BCUT2D eigenvalue weighted by atomic mass is 10.2. The summed E-state index contributed by atoms with van der Waals surface area (Å²) < 4.78 is 0. The van der Waals surface area contributed by atoms with E-state index in [0.717, 1.165) is 4.90 Å². The third-order valence-electron chi connectivity index (χ3n) is 2.61. The van der Waals surface area contributed by atoms with Crippen molar-refractivity contribution in [2.75, 3.05) is 25.0 Å². The van der Waals surface area contributed by atoms with E-state index in [0.29, 0.717) is 11.3 Å². The minimum absolute atomic E-state index is 0.430. The maximum Gasteiger partial charge on any atom is 0.325 e. The van der Waals surface area contributed by atoms with Gasteiger partial charge in [0.15, 0.2) is 0 Å². The molecule has 1 rings (SSSR count). The van der Waals surface area contributed by atoms with Crippen molar-refractivity contribution in [3.63, 3.8) is 0 Å². The maximum atomic E-state index is 12.2. The number of benzene rings is 1. The highest BCUT2D eigenvalue weighted by molar-refractivity contribution is 5.95. The molecule has 0 fully saturated rings. The number of anilines is 1. The summed E-state index contributed by atoms with van der Waals surface area (Å²) in [6.07, 6.45) is 0. The molecule has 0 spiro atoms. The molecule has 3 amide bonds. The molecule has 0 aliphatic carbocycles. The number of rotatable bonds is 5. The van der Waals surface area contributed by atoms with Crippen molar-refractivity contribution in [1.82, 2.24) is 4.90 Å². The Kier molecular flexibility index (Phi) is 5.25. The van der Waals surface area contributed by atoms with Gasteiger partial charge in [0, 0.05) is 12.7 Å². The third-order valence-corrected chi connectivity index (χ3v) is 2.61. The van der Waals surface area contributed by atoms with Gasteiger partial charge < -0.3 is 15.7 Å². The Morgan fingerprint density at radius 1 is 1.24 bits per heavy atom. The number of aliphatic carboxylic acids is 1. The standard InChI is InChI=1S/C13H14N4O4/c1-16(10-4-2-9(6-14)3-5-10)13(21)17(7-11(15)18)8-12(19)20/h2-5H,7-8H2,1H3,(H2,15,18)(H,19,20). The molecule has 1 aromatic carbocycles. The van der Waals surface area contributed by atoms with Gasteiger partial charge in [-0.15, -0.1) is 0 Å². The number of nitriles is 1. The first-order chi connectivity index (χ1) is 9.85. The van der Waals surface area contributed by atoms with Gasteiger partial charge in [0.05, 0.1) is 11.6 Å². The van der Waals surface area contributed by atoms with Crippen LogP contribution in [0.2, 0.25) is 0 Å². The molecular formula is C13H14N4O4. The fourth-order valence-electron chi connectivity index (χ4n) is 1.62. The van der Waals surface area contributed by atoms with E-state index < -0.39 is 31.0 Å². The molecule has 8 heteroatoms. The fourth-order valence-corrected chi connectivity index (χ4v) is 1.62. The number of urea groups is 1. The first-order valence-corrected chi connectivity index (χ1v) is 5.88. The molecule has 1 aromatic rings. The summed E-state index contributed by atoms with van der Waals surface area (Å²) in [5.41, 5.74) is 5.89. The monoisotopic (exact) mass is 290 g/mol. The van der Waals surface area contributed by atoms with E-state index in [-0.39, 0.29) is 0 Å². The number of hydrogen-bond acceptors (Lipinski definition) is 4. The minimum Gasteiger partial charge on any atom is -0.480 e. The maximum absolute atomic E-state index is 12.2. The van der Waals surface area contributed by atoms with Gasteiger partial charge in [-0.25, -0.2) is 4.79 Å². The quantitative estimate of drug-likeness (QED) is 0.788. The number of carboxylic acids is 1. The number of primary amides is 1. The van der Waals surface area contributed by atoms with Gasteiger partial charge in [-0.05, 0) is 24.3 Å². The second-order valence-electron chi connectivity index (χ2n) is 4.22. The van der Waals surface area contributed by atoms with Crippen molar-refractivity contribution in [1.29, 1.82) is 5.26 Å². The van der Waals surface area contributed by atoms with E-state index in [9.17, 15) is 14.4 Å². The predicted molar refractivity (Wildman–Crippen MR) is 73.4 cm³/mol. The molecule has 21 heavy (non-hydrogen) atoms. The van der Waals surface area contributed by atoms with Crippen molar-refractivity contribution in [3.05, 3.63) is 29.8 Å². The summed E-state index contributed by atoms with van der Waals surface area (Å²) in [4.78, 5) is 35.8. The summed E-state index contributed by atoms with van der Waals surface area (Å²) in [5, 5.41) is 17.5. The number of hydrogen-bond donors (Lipinski definition) is 2. The van der Waals surface area contributed by atoms with Crippen LogP contribution in [0.15, 0.2) is 24.3 Å². The highest BCUT2D eigenvalue weighted by atomic mass is 16.4. The van der Waals surface area contributed by atoms with Crippen molar-refractivity contribution in [2.24, 2.45) is 5.73 Å². The Bertz CT molecular complexity index is 575. The molecular weight excluding hydrogens is 276 g/mol. The van der Waals surface area contributed by atoms with Crippen molar-refractivity contribution in [3.8, 4) is 6.07 Å². The Morgan fingerprint density at radius 3 is 2.24 bits per heavy atom. The normalized spacial score (nSPS) is 9.52. The van der Waals surface area contributed by atoms with Gasteiger partial charge in [0.2, 0.25) is 5.91 Å². The molecule has 0 heterocycles. The Balaban J connectivity index is 2.92. The SMILES string of the molecule is CN(C(=O)N(CC(N)=O)CC(=O)O)c1ccc(C#N)cc1. The Morgan fingerprint density at radius 2 is 1.81 bits per heavy atom. The molecule has 0 radical (unpaired) electrons. The summed E-state index contributed by atoms with van der Waals surface area (Å²) in [5.74, 6) is -2.06. The van der Waals surface area contributed by atoms with E-state index in [2.05, 4.69) is 0 Å². The lowest BCUT2D eigenvalue weighted by Crippen LogP contribution is -2.47. The molecule has 3 N–H and O–H groups in total. The molecule has 0 saturated heterocycles. The van der Waals surface area contributed by atoms with Crippen LogP contribution >= 0.6 is 0 Å². The van der Waals surface area contributed by atoms with Crippen LogP contribution < -0.4 is 10.6 Å². The third kappa shape index (κ3) is 4.50. The van der Waals surface area contributed by atoms with E-state index in [1.807, 2.05) is 6.07 Å². The summed E-state index contributed by atoms with van der Waals surface area (Å²) >= 11 is 0. The number of carboxylic acid groups (broad SMARTS) is 1. The van der Waals surface area contributed by atoms with Crippen molar-refractivity contribution >= 4 is 23.6 Å². The number of nitrogens with zero attached hydrogens (tertiary/aromatic N) is 3. The molecule has 0 bridgehead atoms. The van der Waals surface area contributed by atoms with Crippen LogP contribution in [0.25, 0.3) is 0 Å². The zero-order valence-corrected chi connectivity index (χ0v) is 11.3. The zero-order valence-electron chi connectivity index (χ0n) is 11.3. The molecule has 0 atom stereocenters. The summed E-state index contributed by atoms with van der Waals surface area (Å²) in [7, 11) is 1.43. The largest absolute Gasteiger partial charge is 0.480 e. The minimum atomic E-state index is -1.25. The second kappa shape index (κ2) is 6.91. The van der Waals surface area contributed by atoms with Crippen molar-refractivity contribution in [2.45, 2.75) is 0 Å². The lowest BCUT2D eigenvalue weighted by Gasteiger charge is -2.26. The molecule has 8 nitrogen and oxygen atoms in total. The van der Waals surface area contributed by atoms with Crippen LogP contribution in [-0.4, -0.2) is 48.1 Å². The first kappa shape index (κ1) is 16.0. The van der Waals surface area contributed by atoms with E-state index in [4.69, 9.17) is 16.1 Å². The molecule has 0 aliphatic rings. The van der Waals surface area contributed by atoms with Gasteiger partial charge in [-0.3, -0.25) is 14.5 Å². The van der Waals surface area contributed by atoms with Gasteiger partial charge in [-0.2, -0.15) is 5.26 Å². The molecule has 0 unspecified atom stereocenters. The van der Waals surface area contributed by atoms with Crippen LogP contribution in [0.4, 0.5) is 10.5 Å². The fraction of sp³-hybridized carbons (Fsp3) is 0.231. The predicted octanol–water partition coefficient (Wildman–Crippen LogP) is -0.0136. The first-order valence-electron chi connectivity index (χ1n) is 5.88. The van der Waals surface area contributed by atoms with Gasteiger partial charge in [0.1, 0.15) is 13.1 Å². The van der Waals surface area contributed by atoms with Gasteiger partial charge >= 0.3 is 12.0 Å². The highest BCUT2D eigenvalue weighted by Crippen LogP contribution is 2.15. The van der Waals surface area contributed by atoms with E-state index in [1.165, 1.54) is 24.1 Å². The Labute approximate surface area is 121 Å². The number of amides is 3. The average Bonchev–Trinajstić information content (AvgIpc) is 2.44. The molecule has 110 valence electrons. The van der Waals surface area contributed by atoms with E-state index >= 15 is 0 Å². The van der Waals surface area contributed by atoms with Crippen LogP contribution in [0, 0.1) is 11.3 Å². The molecule has 0 aromatic heterocycles. The van der Waals surface area contributed by atoms with Gasteiger partial charge in [-0.1, -0.05) is 0 Å². The Hall–Kier alpha value is -3.08. The van der Waals surface area contributed by atoms with E-state index in [1.54, 1.807) is 12.1 Å². The number of carbonyl (C=O) groups is 3. The topological polar surface area (TPSA) is 128 Å². The lowest BCUT2D eigenvalue weighted by molar-refractivity contribution is -0.137. The number of nitrogens with two attached hydrogens (primary N) is 1. The van der Waals surface area contributed by atoms with Crippen molar-refractivity contribution < 1.29 is 19.5 Å². The zero-order chi connectivity index (χ0) is 16.0. The summed E-state index contributed by atoms with van der Waals surface area (Å²) in [6, 6.07) is 7.39. The van der Waals surface area contributed by atoms with Crippen LogP contribution in [0.1, 0.15) is 5.56 Å². The van der Waals surface area contributed by atoms with Crippen LogP contribution in [0.5, 0.6) is 0 Å². The van der Waals surface area contributed by atoms with Crippen LogP contribution in [-0.2, 0) is 9.59 Å². The average molecular weight is 290 g/mol. The number of carbonyl (C=O) groups excluding carboxylic acids is 2. The van der Waals surface area contributed by atoms with Gasteiger partial charge in [0.25, 0.3) is 0 Å². The highest BCUT2D eigenvalue weighted by Gasteiger charge is 2.22. The molecule has 0 aliphatic heterocycles. The second-order valence-corrected chi connectivity index (χ2v) is 4.22.